The monoisotopic (exact) mass is 387 g/mol. The number of anilines is 1. The number of aryl methyl sites for hydroxylation is 1. The van der Waals surface area contributed by atoms with E-state index in [4.69, 9.17) is 5.11 Å². The number of urea groups is 1. The van der Waals surface area contributed by atoms with Gasteiger partial charge in [0.1, 0.15) is 0 Å². The van der Waals surface area contributed by atoms with Crippen LogP contribution in [0.25, 0.3) is 0 Å². The second-order valence-corrected chi connectivity index (χ2v) is 8.03. The molecule has 0 saturated carbocycles. The highest BCUT2D eigenvalue weighted by molar-refractivity contribution is 5.96. The van der Waals surface area contributed by atoms with Crippen molar-refractivity contribution in [1.29, 1.82) is 0 Å². The molecule has 7 heteroatoms. The van der Waals surface area contributed by atoms with E-state index in [0.29, 0.717) is 43.1 Å². The van der Waals surface area contributed by atoms with Gasteiger partial charge in [-0.25, -0.2) is 4.79 Å². The van der Waals surface area contributed by atoms with Crippen LogP contribution in [0.3, 0.4) is 0 Å². The minimum Gasteiger partial charge on any atom is -0.481 e. The van der Waals surface area contributed by atoms with Gasteiger partial charge in [0, 0.05) is 37.4 Å². The van der Waals surface area contributed by atoms with Gasteiger partial charge in [0.25, 0.3) is 5.91 Å². The highest BCUT2D eigenvalue weighted by Crippen LogP contribution is 2.23. The molecular formula is C21H29N3O4. The first-order chi connectivity index (χ1) is 13.3. The van der Waals surface area contributed by atoms with E-state index >= 15 is 0 Å². The number of piperidine rings is 2. The Kier molecular flexibility index (Phi) is 6.21. The molecule has 0 spiro atoms. The minimum atomic E-state index is -0.792. The van der Waals surface area contributed by atoms with Gasteiger partial charge in [0.15, 0.2) is 0 Å². The summed E-state index contributed by atoms with van der Waals surface area (Å²) in [6.45, 7) is 6.56. The van der Waals surface area contributed by atoms with Crippen molar-refractivity contribution in [2.75, 3.05) is 31.5 Å². The molecule has 0 radical (unpaired) electrons. The van der Waals surface area contributed by atoms with E-state index in [0.717, 1.165) is 31.5 Å². The molecule has 7 nitrogen and oxygen atoms in total. The average molecular weight is 387 g/mol. The summed E-state index contributed by atoms with van der Waals surface area (Å²) in [7, 11) is 0. The zero-order valence-electron chi connectivity index (χ0n) is 16.6. The molecule has 152 valence electrons. The molecule has 28 heavy (non-hydrogen) atoms. The molecule has 0 aromatic heterocycles. The normalized spacial score (nSPS) is 18.8. The van der Waals surface area contributed by atoms with E-state index in [1.165, 1.54) is 0 Å². The van der Waals surface area contributed by atoms with Crippen LogP contribution in [0.4, 0.5) is 10.5 Å². The van der Waals surface area contributed by atoms with Crippen LogP contribution < -0.4 is 5.32 Å². The zero-order chi connectivity index (χ0) is 20.3. The number of benzene rings is 1. The standard InChI is InChI=1S/C21H29N3O4/c1-14-5-9-23(10-6-14)19(25)17-3-4-18(15(2)13-17)22-21(28)24-11-7-16(8-12-24)20(26)27/h3-4,13-14,16H,5-12H2,1-2H3,(H,22,28)(H,26,27). The fourth-order valence-corrected chi connectivity index (χ4v) is 3.85. The highest BCUT2D eigenvalue weighted by atomic mass is 16.4. The molecule has 0 unspecified atom stereocenters. The van der Waals surface area contributed by atoms with Crippen LogP contribution in [0, 0.1) is 18.8 Å². The van der Waals surface area contributed by atoms with E-state index in [9.17, 15) is 14.4 Å². The number of rotatable bonds is 3. The lowest BCUT2D eigenvalue weighted by atomic mass is 9.97. The molecule has 1 aromatic rings. The van der Waals surface area contributed by atoms with E-state index in [1.54, 1.807) is 17.0 Å². The number of carboxylic acid groups (broad SMARTS) is 1. The van der Waals surface area contributed by atoms with Crippen LogP contribution in [0.15, 0.2) is 18.2 Å². The third kappa shape index (κ3) is 4.64. The fraction of sp³-hybridized carbons (Fsp3) is 0.571. The molecule has 2 aliphatic rings. The summed E-state index contributed by atoms with van der Waals surface area (Å²) in [4.78, 5) is 39.8. The van der Waals surface area contributed by atoms with Gasteiger partial charge in [-0.15, -0.1) is 0 Å². The first kappa shape index (κ1) is 20.2. The number of nitrogens with zero attached hydrogens (tertiary/aromatic N) is 2. The fourth-order valence-electron chi connectivity index (χ4n) is 3.85. The lowest BCUT2D eigenvalue weighted by Crippen LogP contribution is -2.42. The van der Waals surface area contributed by atoms with Crippen LogP contribution in [0.1, 0.15) is 48.5 Å². The number of nitrogens with one attached hydrogen (secondary N) is 1. The molecular weight excluding hydrogens is 358 g/mol. The number of carbonyl (C=O) groups excluding carboxylic acids is 2. The Bertz CT molecular complexity index is 748. The summed E-state index contributed by atoms with van der Waals surface area (Å²) in [5.41, 5.74) is 2.16. The molecule has 0 aliphatic carbocycles. The molecule has 0 atom stereocenters. The van der Waals surface area contributed by atoms with Gasteiger partial charge in [-0.2, -0.15) is 0 Å². The maximum absolute atomic E-state index is 12.7. The van der Waals surface area contributed by atoms with Gasteiger partial charge in [-0.3, -0.25) is 9.59 Å². The maximum Gasteiger partial charge on any atom is 0.321 e. The van der Waals surface area contributed by atoms with E-state index in [-0.39, 0.29) is 17.9 Å². The van der Waals surface area contributed by atoms with Gasteiger partial charge in [-0.05, 0) is 62.3 Å². The van der Waals surface area contributed by atoms with Crippen LogP contribution in [0.5, 0.6) is 0 Å². The lowest BCUT2D eigenvalue weighted by molar-refractivity contribution is -0.143. The summed E-state index contributed by atoms with van der Waals surface area (Å²) in [5, 5.41) is 12.0. The number of amides is 3. The van der Waals surface area contributed by atoms with Crippen LogP contribution >= 0.6 is 0 Å². The summed E-state index contributed by atoms with van der Waals surface area (Å²) in [5.74, 6) is -0.444. The Hall–Kier alpha value is -2.57. The number of carboxylic acids is 1. The van der Waals surface area contributed by atoms with E-state index < -0.39 is 5.97 Å². The third-order valence-corrected chi connectivity index (χ3v) is 5.92. The molecule has 1 aromatic carbocycles. The van der Waals surface area contributed by atoms with Gasteiger partial charge >= 0.3 is 12.0 Å². The molecule has 2 fully saturated rings. The molecule has 2 saturated heterocycles. The van der Waals surface area contributed by atoms with Gasteiger partial charge in [0.05, 0.1) is 5.92 Å². The Labute approximate surface area is 165 Å². The third-order valence-electron chi connectivity index (χ3n) is 5.92. The number of likely N-dealkylation sites (tertiary alicyclic amines) is 2. The Balaban J connectivity index is 1.59. The van der Waals surface area contributed by atoms with Crippen molar-refractivity contribution >= 4 is 23.6 Å². The second-order valence-electron chi connectivity index (χ2n) is 8.03. The number of carbonyl (C=O) groups is 3. The zero-order valence-corrected chi connectivity index (χ0v) is 16.6. The smallest absolute Gasteiger partial charge is 0.321 e. The summed E-state index contributed by atoms with van der Waals surface area (Å²) >= 11 is 0. The summed E-state index contributed by atoms with van der Waals surface area (Å²) in [6, 6.07) is 5.14. The van der Waals surface area contributed by atoms with Crippen molar-refractivity contribution in [2.45, 2.75) is 39.5 Å². The second kappa shape index (κ2) is 8.63. The molecule has 3 amide bonds. The Morgan fingerprint density at radius 1 is 1.00 bits per heavy atom. The predicted molar refractivity (Wildman–Crippen MR) is 106 cm³/mol. The molecule has 2 aliphatic heterocycles. The SMILES string of the molecule is Cc1cc(C(=O)N2CCC(C)CC2)ccc1NC(=O)N1CCC(C(=O)O)CC1. The van der Waals surface area contributed by atoms with Crippen LogP contribution in [0.2, 0.25) is 0 Å². The Morgan fingerprint density at radius 3 is 2.18 bits per heavy atom. The largest absolute Gasteiger partial charge is 0.481 e. The maximum atomic E-state index is 12.7. The van der Waals surface area contributed by atoms with Crippen LogP contribution in [-0.4, -0.2) is 59.0 Å². The van der Waals surface area contributed by atoms with E-state index in [2.05, 4.69) is 12.2 Å². The topological polar surface area (TPSA) is 90.0 Å². The molecule has 0 bridgehead atoms. The van der Waals surface area contributed by atoms with Crippen LogP contribution in [-0.2, 0) is 4.79 Å². The van der Waals surface area contributed by atoms with Crippen molar-refractivity contribution in [1.82, 2.24) is 9.80 Å². The lowest BCUT2D eigenvalue weighted by Gasteiger charge is -2.31. The molecule has 2 N–H and O–H groups in total. The van der Waals surface area contributed by atoms with Gasteiger partial charge < -0.3 is 20.2 Å². The van der Waals surface area contributed by atoms with Crippen molar-refractivity contribution in [3.8, 4) is 0 Å². The minimum absolute atomic E-state index is 0.0450. The Morgan fingerprint density at radius 2 is 1.61 bits per heavy atom. The van der Waals surface area contributed by atoms with Crippen molar-refractivity contribution in [3.63, 3.8) is 0 Å². The van der Waals surface area contributed by atoms with E-state index in [1.807, 2.05) is 17.9 Å². The molecule has 3 rings (SSSR count). The predicted octanol–water partition coefficient (Wildman–Crippen LogP) is 3.20. The van der Waals surface area contributed by atoms with Crippen molar-refractivity contribution in [2.24, 2.45) is 11.8 Å². The van der Waals surface area contributed by atoms with Crippen molar-refractivity contribution < 1.29 is 19.5 Å². The first-order valence-corrected chi connectivity index (χ1v) is 10.0. The van der Waals surface area contributed by atoms with Gasteiger partial charge in [-0.1, -0.05) is 6.92 Å². The molecule has 2 heterocycles. The van der Waals surface area contributed by atoms with Gasteiger partial charge in [0.2, 0.25) is 0 Å². The first-order valence-electron chi connectivity index (χ1n) is 10.0. The number of hydrogen-bond acceptors (Lipinski definition) is 3. The van der Waals surface area contributed by atoms with Crippen molar-refractivity contribution in [3.05, 3.63) is 29.3 Å². The average Bonchev–Trinajstić information content (AvgIpc) is 2.69. The number of hydrogen-bond donors (Lipinski definition) is 2. The summed E-state index contributed by atoms with van der Waals surface area (Å²) in [6.07, 6.45) is 3.03. The summed E-state index contributed by atoms with van der Waals surface area (Å²) < 4.78 is 0. The number of aliphatic carboxylic acids is 1. The highest BCUT2D eigenvalue weighted by Gasteiger charge is 2.27. The quantitative estimate of drug-likeness (QED) is 0.833.